The van der Waals surface area contributed by atoms with Gasteiger partial charge in [0.2, 0.25) is 3.79 Å². The molecule has 0 unspecified atom stereocenters. The second kappa shape index (κ2) is 7.09. The van der Waals surface area contributed by atoms with E-state index in [-0.39, 0.29) is 6.61 Å². The third kappa shape index (κ3) is 5.61. The summed E-state index contributed by atoms with van der Waals surface area (Å²) in [5.74, 6) is -1.28. The van der Waals surface area contributed by atoms with E-state index in [1.807, 2.05) is 6.92 Å². The van der Waals surface area contributed by atoms with Crippen molar-refractivity contribution < 1.29 is 14.6 Å². The summed E-state index contributed by atoms with van der Waals surface area (Å²) in [6.07, 6.45) is 1.54. The van der Waals surface area contributed by atoms with E-state index in [9.17, 15) is 9.90 Å². The quantitative estimate of drug-likeness (QED) is 0.204. The number of carbonyl (C=O) groups is 1. The predicted octanol–water partition coefficient (Wildman–Crippen LogP) is 3.55. The van der Waals surface area contributed by atoms with E-state index < -0.39 is 26.8 Å². The van der Waals surface area contributed by atoms with E-state index >= 15 is 0 Å². The molecule has 98 valence electrons. The molecular formula is C10H14Cl3NO3. The van der Waals surface area contributed by atoms with E-state index in [0.717, 1.165) is 6.42 Å². The molecule has 0 bridgehead atoms. The van der Waals surface area contributed by atoms with Gasteiger partial charge < -0.3 is 9.84 Å². The first-order chi connectivity index (χ1) is 7.71. The Morgan fingerprint density at radius 1 is 1.41 bits per heavy atom. The summed E-state index contributed by atoms with van der Waals surface area (Å²) in [6, 6.07) is 0. The average molecular weight is 303 g/mol. The van der Waals surface area contributed by atoms with Gasteiger partial charge in [0.15, 0.2) is 0 Å². The van der Waals surface area contributed by atoms with Crippen LogP contribution >= 0.6 is 34.8 Å². The summed E-state index contributed by atoms with van der Waals surface area (Å²) in [6.45, 7) is 3.35. The monoisotopic (exact) mass is 301 g/mol. The maximum atomic E-state index is 11.6. The van der Waals surface area contributed by atoms with E-state index in [4.69, 9.17) is 44.9 Å². The van der Waals surface area contributed by atoms with Gasteiger partial charge in [-0.05, 0) is 13.3 Å². The van der Waals surface area contributed by atoms with E-state index in [0.29, 0.717) is 6.42 Å². The Bertz CT molecular complexity index is 330. The van der Waals surface area contributed by atoms with Gasteiger partial charge in [0.1, 0.15) is 17.0 Å². The van der Waals surface area contributed by atoms with Crippen molar-refractivity contribution in [1.29, 1.82) is 5.41 Å². The van der Waals surface area contributed by atoms with Gasteiger partial charge in [0.05, 0.1) is 6.61 Å². The fraction of sp³-hybridized carbons (Fsp3) is 0.600. The minimum atomic E-state index is -2.08. The maximum absolute atomic E-state index is 11.6. The lowest BCUT2D eigenvalue weighted by Crippen LogP contribution is -2.27. The number of esters is 1. The number of rotatable bonds is 5. The van der Waals surface area contributed by atoms with E-state index in [2.05, 4.69) is 0 Å². The molecule has 0 aliphatic heterocycles. The third-order valence-corrected chi connectivity index (χ3v) is 2.40. The van der Waals surface area contributed by atoms with Crippen LogP contribution in [0.1, 0.15) is 26.7 Å². The van der Waals surface area contributed by atoms with Crippen molar-refractivity contribution in [2.75, 3.05) is 6.61 Å². The van der Waals surface area contributed by atoms with Crippen molar-refractivity contribution in [3.8, 4) is 0 Å². The van der Waals surface area contributed by atoms with Gasteiger partial charge in [-0.2, -0.15) is 0 Å². The molecule has 17 heavy (non-hydrogen) atoms. The number of carbonyl (C=O) groups excluding carboxylic acids is 1. The van der Waals surface area contributed by atoms with Crippen molar-refractivity contribution in [2.24, 2.45) is 0 Å². The summed E-state index contributed by atoms with van der Waals surface area (Å²) in [4.78, 5) is 11.6. The van der Waals surface area contributed by atoms with Crippen LogP contribution in [0.2, 0.25) is 0 Å². The lowest BCUT2D eigenvalue weighted by Gasteiger charge is -2.15. The third-order valence-electron chi connectivity index (χ3n) is 1.83. The van der Waals surface area contributed by atoms with Crippen molar-refractivity contribution in [2.45, 2.75) is 30.5 Å². The van der Waals surface area contributed by atoms with Crippen LogP contribution in [0.3, 0.4) is 0 Å². The molecule has 0 aliphatic carbocycles. The number of ether oxygens (including phenoxy) is 1. The SMILES string of the molecule is CCCCOC(=O)C(C(=N)C(Cl)(Cl)Cl)=C(C)O. The van der Waals surface area contributed by atoms with Crippen molar-refractivity contribution in [3.05, 3.63) is 11.3 Å². The fourth-order valence-corrected chi connectivity index (χ4v) is 1.24. The van der Waals surface area contributed by atoms with Gasteiger partial charge in [0, 0.05) is 0 Å². The fourth-order valence-electron chi connectivity index (χ4n) is 0.954. The lowest BCUT2D eigenvalue weighted by molar-refractivity contribution is -0.138. The Balaban J connectivity index is 4.85. The second-order valence-electron chi connectivity index (χ2n) is 3.32. The Labute approximate surface area is 115 Å². The molecule has 0 amide bonds. The van der Waals surface area contributed by atoms with Crippen LogP contribution in [0.25, 0.3) is 0 Å². The van der Waals surface area contributed by atoms with Gasteiger partial charge in [-0.15, -0.1) is 0 Å². The highest BCUT2D eigenvalue weighted by Crippen LogP contribution is 2.31. The largest absolute Gasteiger partial charge is 0.512 e. The molecule has 2 N–H and O–H groups in total. The Hall–Kier alpha value is -0.450. The highest BCUT2D eigenvalue weighted by atomic mass is 35.6. The number of allylic oxidation sites excluding steroid dienone is 1. The van der Waals surface area contributed by atoms with Gasteiger partial charge in [0.25, 0.3) is 0 Å². The molecule has 0 atom stereocenters. The van der Waals surface area contributed by atoms with E-state index in [1.54, 1.807) is 0 Å². The molecule has 0 spiro atoms. The zero-order valence-electron chi connectivity index (χ0n) is 9.52. The van der Waals surface area contributed by atoms with Gasteiger partial charge in [-0.25, -0.2) is 4.79 Å². The van der Waals surface area contributed by atoms with E-state index in [1.165, 1.54) is 6.92 Å². The van der Waals surface area contributed by atoms with Crippen LogP contribution in [-0.2, 0) is 9.53 Å². The van der Waals surface area contributed by atoms with Gasteiger partial charge >= 0.3 is 5.97 Å². The summed E-state index contributed by atoms with van der Waals surface area (Å²) in [5.41, 5.74) is -1.02. The molecule has 0 aliphatic rings. The first kappa shape index (κ1) is 16.6. The summed E-state index contributed by atoms with van der Waals surface area (Å²) in [7, 11) is 0. The summed E-state index contributed by atoms with van der Waals surface area (Å²) < 4.78 is 2.77. The molecule has 0 aromatic heterocycles. The first-order valence-electron chi connectivity index (χ1n) is 4.94. The van der Waals surface area contributed by atoms with Crippen LogP contribution in [-0.4, -0.2) is 27.2 Å². The minimum absolute atomic E-state index is 0.194. The smallest absolute Gasteiger partial charge is 0.343 e. The molecule has 0 radical (unpaired) electrons. The minimum Gasteiger partial charge on any atom is -0.512 e. The van der Waals surface area contributed by atoms with Crippen LogP contribution in [0, 0.1) is 5.41 Å². The molecule has 4 nitrogen and oxygen atoms in total. The highest BCUT2D eigenvalue weighted by Gasteiger charge is 2.34. The molecule has 0 aromatic rings. The molecular weight excluding hydrogens is 288 g/mol. The van der Waals surface area contributed by atoms with Crippen molar-refractivity contribution in [1.82, 2.24) is 0 Å². The van der Waals surface area contributed by atoms with Crippen LogP contribution in [0.4, 0.5) is 0 Å². The average Bonchev–Trinajstić information content (AvgIpc) is 2.16. The van der Waals surface area contributed by atoms with Crippen LogP contribution in [0.5, 0.6) is 0 Å². The zero-order chi connectivity index (χ0) is 13.6. The topological polar surface area (TPSA) is 70.4 Å². The van der Waals surface area contributed by atoms with Crippen LogP contribution in [0.15, 0.2) is 11.3 Å². The highest BCUT2D eigenvalue weighted by molar-refractivity contribution is 6.78. The standard InChI is InChI=1S/C10H14Cl3NO3/c1-3-4-5-17-9(16)7(6(2)15)8(14)10(11,12)13/h14-15H,3-5H2,1-2H3. The molecule has 0 saturated heterocycles. The van der Waals surface area contributed by atoms with Crippen molar-refractivity contribution >= 4 is 46.5 Å². The number of nitrogens with one attached hydrogen (secondary N) is 1. The molecule has 0 aromatic carbocycles. The molecule has 0 saturated carbocycles. The van der Waals surface area contributed by atoms with Crippen molar-refractivity contribution in [3.63, 3.8) is 0 Å². The molecule has 0 heterocycles. The van der Waals surface area contributed by atoms with Gasteiger partial charge in [-0.3, -0.25) is 5.41 Å². The summed E-state index contributed by atoms with van der Waals surface area (Å²) in [5, 5.41) is 16.9. The number of aliphatic hydroxyl groups excluding tert-OH is 1. The Kier molecular flexibility index (Phi) is 6.90. The Morgan fingerprint density at radius 2 is 1.94 bits per heavy atom. The number of hydrogen-bond acceptors (Lipinski definition) is 4. The number of unbranched alkanes of at least 4 members (excludes halogenated alkanes) is 1. The number of hydrogen-bond donors (Lipinski definition) is 2. The maximum Gasteiger partial charge on any atom is 0.343 e. The molecule has 0 fully saturated rings. The second-order valence-corrected chi connectivity index (χ2v) is 5.60. The zero-order valence-corrected chi connectivity index (χ0v) is 11.8. The molecule has 7 heteroatoms. The summed E-state index contributed by atoms with van der Waals surface area (Å²) >= 11 is 16.4. The normalized spacial score (nSPS) is 13.0. The Morgan fingerprint density at radius 3 is 2.29 bits per heavy atom. The number of alkyl halides is 3. The number of aliphatic hydroxyl groups is 1. The first-order valence-corrected chi connectivity index (χ1v) is 6.08. The predicted molar refractivity (Wildman–Crippen MR) is 69.2 cm³/mol. The van der Waals surface area contributed by atoms with Crippen LogP contribution < -0.4 is 0 Å². The lowest BCUT2D eigenvalue weighted by atomic mass is 10.1. The molecule has 0 rings (SSSR count). The van der Waals surface area contributed by atoms with Gasteiger partial charge in [-0.1, -0.05) is 48.1 Å². The number of halogens is 3.